The molecule has 0 fully saturated rings. The Bertz CT molecular complexity index is 2620. The first-order valence-electron chi connectivity index (χ1n) is 18.3. The smallest absolute Gasteiger partial charge is 0.275 e. The highest BCUT2D eigenvalue weighted by molar-refractivity contribution is 7.92. The number of nitrogens with zero attached hydrogens (tertiary/aromatic N) is 2. The number of hydrogen-bond donors (Lipinski definition) is 4. The van der Waals surface area contributed by atoms with Crippen molar-refractivity contribution in [3.8, 4) is 23.0 Å². The van der Waals surface area contributed by atoms with E-state index < -0.39 is 83.4 Å². The summed E-state index contributed by atoms with van der Waals surface area (Å²) in [5.74, 6) is -8.88. The van der Waals surface area contributed by atoms with E-state index in [0.29, 0.717) is 0 Å². The highest BCUT2D eigenvalue weighted by atomic mass is 32.2. The fourth-order valence-electron chi connectivity index (χ4n) is 5.41. The molecular formula is C41H42F4N6O9S2. The van der Waals surface area contributed by atoms with Crippen LogP contribution >= 0.6 is 0 Å². The molecular weight excluding hydrogens is 861 g/mol. The van der Waals surface area contributed by atoms with E-state index in [2.05, 4.69) is 9.98 Å². The molecule has 0 radical (unpaired) electrons. The maximum absolute atomic E-state index is 14.8. The van der Waals surface area contributed by atoms with Gasteiger partial charge in [-0.2, -0.15) is 9.98 Å². The number of aliphatic imine (C=N–C) groups is 2. The number of benzene rings is 4. The third kappa shape index (κ3) is 13.2. The first-order chi connectivity index (χ1) is 29.1. The number of carbonyl (C=O) groups excluding carboxylic acids is 2. The minimum Gasteiger partial charge on any atom is -0.451 e. The van der Waals surface area contributed by atoms with Crippen molar-refractivity contribution in [1.82, 2.24) is 0 Å². The van der Waals surface area contributed by atoms with Crippen molar-refractivity contribution in [1.29, 1.82) is 0 Å². The molecule has 8 N–H and O–H groups in total. The Balaban J connectivity index is 1.25. The van der Waals surface area contributed by atoms with E-state index in [1.807, 2.05) is 0 Å². The zero-order valence-electron chi connectivity index (χ0n) is 33.4. The minimum absolute atomic E-state index is 0.00568. The van der Waals surface area contributed by atoms with Gasteiger partial charge in [-0.1, -0.05) is 0 Å². The number of carbonyl (C=O) groups is 2. The standard InChI is InChI=1S/C41H42F4N6O9S2/c1-23(38(52)50-40(46)47)17-26-19-32(42)36(33(43)20-26)59-28-5-9-30(10-6-28)61(54,55)16-4-14-58-15-13-25(3)62(56,57)31-11-7-29(8-12-31)60-37-34(44)21-27(22-35(37)45)18-24(2)39(53)51-41(48)49/h5-12,17-22,25H,4,13-16H2,1-3H3,(H4,46,47,50,52)(H4,48,49,51,53)/b23-17+,24-18+. The Hall–Kier alpha value is -6.58. The quantitative estimate of drug-likeness (QED) is 0.0309. The van der Waals surface area contributed by atoms with Gasteiger partial charge in [-0.25, -0.2) is 34.4 Å². The van der Waals surface area contributed by atoms with Crippen LogP contribution in [0.25, 0.3) is 12.2 Å². The van der Waals surface area contributed by atoms with Crippen molar-refractivity contribution in [3.63, 3.8) is 0 Å². The van der Waals surface area contributed by atoms with Gasteiger partial charge in [-0.05, 0) is 130 Å². The number of ether oxygens (including phenoxy) is 3. The number of rotatable bonds is 18. The average molecular weight is 903 g/mol. The van der Waals surface area contributed by atoms with E-state index in [4.69, 9.17) is 37.1 Å². The second kappa shape index (κ2) is 20.8. The molecule has 21 heteroatoms. The van der Waals surface area contributed by atoms with Crippen LogP contribution in [0.1, 0.15) is 44.7 Å². The molecule has 0 saturated carbocycles. The van der Waals surface area contributed by atoms with Crippen molar-refractivity contribution in [2.45, 2.75) is 48.7 Å². The van der Waals surface area contributed by atoms with Gasteiger partial charge in [-0.3, -0.25) is 9.59 Å². The van der Waals surface area contributed by atoms with Gasteiger partial charge in [0.1, 0.15) is 11.5 Å². The topological polar surface area (TPSA) is 259 Å². The maximum Gasteiger partial charge on any atom is 0.275 e. The molecule has 4 aromatic rings. The first kappa shape index (κ1) is 48.1. The fraction of sp³-hybridized carbons (Fsp3) is 0.220. The van der Waals surface area contributed by atoms with E-state index >= 15 is 0 Å². The van der Waals surface area contributed by atoms with Gasteiger partial charge in [0, 0.05) is 24.4 Å². The van der Waals surface area contributed by atoms with Gasteiger partial charge >= 0.3 is 0 Å². The lowest BCUT2D eigenvalue weighted by Crippen LogP contribution is -2.24. The van der Waals surface area contributed by atoms with Crippen LogP contribution in [0, 0.1) is 23.3 Å². The SMILES string of the molecule is C/C(=C\c1cc(F)c(Oc2ccc(S(=O)(=O)CCCOCCC(C)S(=O)(=O)c3ccc(Oc4c(F)cc(/C=C(\C)C(=O)N=C(N)N)cc4F)cc3)cc2)c(F)c1)C(=O)N=C(N)N. The number of halogens is 4. The molecule has 0 aliphatic carbocycles. The zero-order chi connectivity index (χ0) is 45.9. The third-order valence-corrected chi connectivity index (χ3v) is 12.7. The van der Waals surface area contributed by atoms with Crippen LogP contribution < -0.4 is 32.4 Å². The summed E-state index contributed by atoms with van der Waals surface area (Å²) in [5.41, 5.74) is 20.7. The van der Waals surface area contributed by atoms with Crippen LogP contribution in [0.15, 0.2) is 104 Å². The molecule has 1 unspecified atom stereocenters. The normalized spacial score (nSPS) is 12.6. The molecule has 15 nitrogen and oxygen atoms in total. The third-order valence-electron chi connectivity index (χ3n) is 8.62. The highest BCUT2D eigenvalue weighted by Crippen LogP contribution is 2.32. The summed E-state index contributed by atoms with van der Waals surface area (Å²) >= 11 is 0. The largest absolute Gasteiger partial charge is 0.451 e. The van der Waals surface area contributed by atoms with Crippen LogP contribution in [-0.2, 0) is 34.0 Å². The number of amides is 2. The van der Waals surface area contributed by atoms with E-state index in [1.165, 1.54) is 81.5 Å². The van der Waals surface area contributed by atoms with Gasteiger partial charge < -0.3 is 37.1 Å². The Labute approximate surface area is 354 Å². The maximum atomic E-state index is 14.8. The molecule has 0 heterocycles. The average Bonchev–Trinajstić information content (AvgIpc) is 3.18. The van der Waals surface area contributed by atoms with E-state index in [0.717, 1.165) is 24.3 Å². The van der Waals surface area contributed by atoms with Gasteiger partial charge in [0.2, 0.25) is 0 Å². The van der Waals surface area contributed by atoms with Crippen LogP contribution in [0.2, 0.25) is 0 Å². The van der Waals surface area contributed by atoms with Crippen molar-refractivity contribution >= 4 is 55.6 Å². The van der Waals surface area contributed by atoms with Gasteiger partial charge in [0.05, 0.1) is 20.8 Å². The van der Waals surface area contributed by atoms with E-state index in [-0.39, 0.29) is 75.4 Å². The highest BCUT2D eigenvalue weighted by Gasteiger charge is 2.24. The molecule has 0 aliphatic rings. The molecule has 0 aliphatic heterocycles. The summed E-state index contributed by atoms with van der Waals surface area (Å²) in [4.78, 5) is 30.3. The second-order valence-corrected chi connectivity index (χ2v) is 18.0. The molecule has 0 aromatic heterocycles. The summed E-state index contributed by atoms with van der Waals surface area (Å²) in [7, 11) is -7.70. The van der Waals surface area contributed by atoms with Gasteiger partial charge in [0.25, 0.3) is 11.8 Å². The predicted molar refractivity (Wildman–Crippen MR) is 223 cm³/mol. The predicted octanol–water partition coefficient (Wildman–Crippen LogP) is 5.67. The number of nitrogens with two attached hydrogens (primary N) is 4. The van der Waals surface area contributed by atoms with Gasteiger partial charge in [-0.15, -0.1) is 0 Å². The molecule has 62 heavy (non-hydrogen) atoms. The molecule has 0 bridgehead atoms. The summed E-state index contributed by atoms with van der Waals surface area (Å²) in [6, 6.07) is 13.5. The molecule has 4 rings (SSSR count). The zero-order valence-corrected chi connectivity index (χ0v) is 35.0. The summed E-state index contributed by atoms with van der Waals surface area (Å²) < 4.78 is 128. The Morgan fingerprint density at radius 3 is 1.42 bits per heavy atom. The molecule has 4 aromatic carbocycles. The summed E-state index contributed by atoms with van der Waals surface area (Å²) in [6.07, 6.45) is 2.48. The monoisotopic (exact) mass is 902 g/mol. The lowest BCUT2D eigenvalue weighted by molar-refractivity contribution is -0.115. The summed E-state index contributed by atoms with van der Waals surface area (Å²) in [6.45, 7) is 4.15. The molecule has 1 atom stereocenters. The van der Waals surface area contributed by atoms with Crippen molar-refractivity contribution in [3.05, 3.63) is 118 Å². The minimum atomic E-state index is -3.88. The van der Waals surface area contributed by atoms with E-state index in [9.17, 15) is 44.0 Å². The lowest BCUT2D eigenvalue weighted by Gasteiger charge is -2.14. The number of hydrogen-bond acceptors (Lipinski definition) is 9. The summed E-state index contributed by atoms with van der Waals surface area (Å²) in [5, 5.41) is -0.926. The lowest BCUT2D eigenvalue weighted by atomic mass is 10.1. The van der Waals surface area contributed by atoms with Crippen molar-refractivity contribution < 1.29 is 58.2 Å². The molecule has 0 spiro atoms. The second-order valence-electron chi connectivity index (χ2n) is 13.5. The molecule has 0 saturated heterocycles. The number of guanidine groups is 2. The van der Waals surface area contributed by atoms with Crippen molar-refractivity contribution in [2.24, 2.45) is 32.9 Å². The number of sulfone groups is 2. The Morgan fingerprint density at radius 2 is 1.03 bits per heavy atom. The molecule has 2 amide bonds. The molecule has 330 valence electrons. The fourth-order valence-corrected chi connectivity index (χ4v) is 8.08. The first-order valence-corrected chi connectivity index (χ1v) is 21.5. The Kier molecular flexibility index (Phi) is 16.1. The Morgan fingerprint density at radius 1 is 0.645 bits per heavy atom. The van der Waals surface area contributed by atoms with Crippen LogP contribution in [-0.4, -0.2) is 64.8 Å². The van der Waals surface area contributed by atoms with Crippen LogP contribution in [0.5, 0.6) is 23.0 Å². The van der Waals surface area contributed by atoms with Gasteiger partial charge in [0.15, 0.2) is 66.4 Å². The van der Waals surface area contributed by atoms with Crippen LogP contribution in [0.4, 0.5) is 17.6 Å². The van der Waals surface area contributed by atoms with Crippen molar-refractivity contribution in [2.75, 3.05) is 19.0 Å². The van der Waals surface area contributed by atoms with E-state index in [1.54, 1.807) is 0 Å². The van der Waals surface area contributed by atoms with Crippen LogP contribution in [0.3, 0.4) is 0 Å².